The molecule has 2 aromatic heterocycles. The third kappa shape index (κ3) is 5.48. The number of hydrogen-bond donors (Lipinski definition) is 1. The van der Waals surface area contributed by atoms with Crippen molar-refractivity contribution in [1.29, 1.82) is 0 Å². The highest BCUT2D eigenvalue weighted by atomic mass is 19.3. The van der Waals surface area contributed by atoms with Crippen molar-refractivity contribution in [3.63, 3.8) is 0 Å². The van der Waals surface area contributed by atoms with E-state index in [-0.39, 0.29) is 11.9 Å². The highest BCUT2D eigenvalue weighted by Gasteiger charge is 2.24. The number of alkyl halides is 2. The van der Waals surface area contributed by atoms with Gasteiger partial charge in [0.05, 0.1) is 29.9 Å². The molecule has 38 heavy (non-hydrogen) atoms. The number of likely N-dealkylation sites (N-methyl/N-ethyl adjacent to an activating group) is 1. The molecular formula is C27H29F2N7O2. The molecule has 2 aromatic carbocycles. The molecule has 9 nitrogen and oxygen atoms in total. The number of anilines is 1. The number of halogens is 2. The van der Waals surface area contributed by atoms with Crippen molar-refractivity contribution in [2.75, 3.05) is 58.4 Å². The second-order valence-electron chi connectivity index (χ2n) is 9.24. The first-order valence-electron chi connectivity index (χ1n) is 12.4. The summed E-state index contributed by atoms with van der Waals surface area (Å²) in [5.41, 5.74) is 2.74. The van der Waals surface area contributed by atoms with Gasteiger partial charge in [-0.2, -0.15) is 4.98 Å². The van der Waals surface area contributed by atoms with Gasteiger partial charge in [-0.15, -0.1) is 0 Å². The quantitative estimate of drug-likeness (QED) is 0.379. The maximum atomic E-state index is 14.1. The zero-order chi connectivity index (χ0) is 26.6. The Morgan fingerprint density at radius 2 is 1.79 bits per heavy atom. The van der Waals surface area contributed by atoms with Gasteiger partial charge < -0.3 is 19.9 Å². The van der Waals surface area contributed by atoms with Crippen molar-refractivity contribution in [3.05, 3.63) is 66.0 Å². The van der Waals surface area contributed by atoms with Crippen molar-refractivity contribution in [2.45, 2.75) is 6.43 Å². The van der Waals surface area contributed by atoms with Gasteiger partial charge in [-0.1, -0.05) is 24.3 Å². The third-order valence-corrected chi connectivity index (χ3v) is 6.31. The van der Waals surface area contributed by atoms with Crippen LogP contribution >= 0.6 is 0 Å². The van der Waals surface area contributed by atoms with E-state index in [1.807, 2.05) is 30.0 Å². The van der Waals surface area contributed by atoms with E-state index in [1.165, 1.54) is 4.57 Å². The van der Waals surface area contributed by atoms with Crippen LogP contribution in [0.4, 0.5) is 14.6 Å². The number of carbonyl (C=O) groups excluding carboxylic acids is 1. The number of amides is 1. The van der Waals surface area contributed by atoms with Crippen molar-refractivity contribution in [3.8, 4) is 17.2 Å². The van der Waals surface area contributed by atoms with Crippen LogP contribution in [0.3, 0.4) is 0 Å². The Labute approximate surface area is 219 Å². The minimum absolute atomic E-state index is 0.110. The number of fused-ring (bicyclic) bond motifs is 1. The monoisotopic (exact) mass is 521 g/mol. The Kier molecular flexibility index (Phi) is 7.57. The number of nitrogens with one attached hydrogen (secondary N) is 1. The molecule has 198 valence electrons. The molecule has 5 rings (SSSR count). The Balaban J connectivity index is 1.55. The SMILES string of the molecule is CN(C)CCNC(=O)c1ccc(-c2cc(N3CCOCC3)nc(-n3c(C(F)F)nc4ccccc43)n2)cc1. The minimum Gasteiger partial charge on any atom is -0.378 e. The van der Waals surface area contributed by atoms with Crippen molar-refractivity contribution in [1.82, 2.24) is 29.7 Å². The Morgan fingerprint density at radius 1 is 1.05 bits per heavy atom. The fourth-order valence-corrected chi connectivity index (χ4v) is 4.31. The van der Waals surface area contributed by atoms with E-state index in [2.05, 4.69) is 10.3 Å². The number of morpholine rings is 1. The van der Waals surface area contributed by atoms with E-state index in [0.717, 1.165) is 12.1 Å². The van der Waals surface area contributed by atoms with Crippen LogP contribution in [-0.4, -0.2) is 83.8 Å². The Morgan fingerprint density at radius 3 is 2.50 bits per heavy atom. The number of ether oxygens (including phenoxy) is 1. The highest BCUT2D eigenvalue weighted by Crippen LogP contribution is 2.30. The van der Waals surface area contributed by atoms with Crippen LogP contribution in [0.2, 0.25) is 0 Å². The molecular weight excluding hydrogens is 492 g/mol. The zero-order valence-corrected chi connectivity index (χ0v) is 21.3. The van der Waals surface area contributed by atoms with Crippen LogP contribution < -0.4 is 10.2 Å². The van der Waals surface area contributed by atoms with Crippen LogP contribution in [-0.2, 0) is 4.74 Å². The molecule has 0 saturated carbocycles. The second kappa shape index (κ2) is 11.2. The first kappa shape index (κ1) is 25.7. The number of hydrogen-bond acceptors (Lipinski definition) is 7. The number of aromatic nitrogens is 4. The number of carbonyl (C=O) groups is 1. The third-order valence-electron chi connectivity index (χ3n) is 6.31. The molecule has 0 bridgehead atoms. The molecule has 3 heterocycles. The van der Waals surface area contributed by atoms with Crippen molar-refractivity contribution >= 4 is 22.8 Å². The van der Waals surface area contributed by atoms with Gasteiger partial charge in [0.1, 0.15) is 5.82 Å². The zero-order valence-electron chi connectivity index (χ0n) is 21.3. The maximum Gasteiger partial charge on any atom is 0.296 e. The lowest BCUT2D eigenvalue weighted by Crippen LogP contribution is -2.37. The molecule has 0 radical (unpaired) electrons. The average Bonchev–Trinajstić information content (AvgIpc) is 3.33. The molecule has 11 heteroatoms. The lowest BCUT2D eigenvalue weighted by molar-refractivity contribution is 0.0951. The predicted molar refractivity (Wildman–Crippen MR) is 141 cm³/mol. The van der Waals surface area contributed by atoms with E-state index in [9.17, 15) is 13.6 Å². The van der Waals surface area contributed by atoms with Gasteiger partial charge >= 0.3 is 0 Å². The summed E-state index contributed by atoms with van der Waals surface area (Å²) in [4.78, 5) is 30.1. The minimum atomic E-state index is -2.81. The summed E-state index contributed by atoms with van der Waals surface area (Å²) in [6.07, 6.45) is -2.81. The first-order valence-corrected chi connectivity index (χ1v) is 12.4. The average molecular weight is 522 g/mol. The Bertz CT molecular complexity index is 1420. The standard InChI is InChI=1S/C27H29F2N7O2/c1-34(2)12-11-30-26(37)19-9-7-18(8-10-19)21-17-23(35-13-15-38-16-14-35)33-27(32-21)36-22-6-4-3-5-20(22)31-25(36)24(28)29/h3-10,17,24H,11-16H2,1-2H3,(H,30,37). The van der Waals surface area contributed by atoms with Gasteiger partial charge in [-0.25, -0.2) is 18.7 Å². The summed E-state index contributed by atoms with van der Waals surface area (Å²) in [6.45, 7) is 3.60. The molecule has 1 aliphatic heterocycles. The molecule has 1 aliphatic rings. The Hall–Kier alpha value is -3.96. The summed E-state index contributed by atoms with van der Waals surface area (Å²) in [5, 5.41) is 2.90. The number of imidazole rings is 1. The van der Waals surface area contributed by atoms with Crippen LogP contribution in [0.25, 0.3) is 28.2 Å². The smallest absolute Gasteiger partial charge is 0.296 e. The molecule has 0 aliphatic carbocycles. The topological polar surface area (TPSA) is 88.4 Å². The summed E-state index contributed by atoms with van der Waals surface area (Å²) in [6, 6.07) is 15.8. The lowest BCUT2D eigenvalue weighted by atomic mass is 10.1. The molecule has 1 N–H and O–H groups in total. The fourth-order valence-electron chi connectivity index (χ4n) is 4.31. The molecule has 0 spiro atoms. The summed E-state index contributed by atoms with van der Waals surface area (Å²) >= 11 is 0. The lowest BCUT2D eigenvalue weighted by Gasteiger charge is -2.28. The molecule has 4 aromatic rings. The van der Waals surface area contributed by atoms with Gasteiger partial charge in [-0.3, -0.25) is 9.36 Å². The van der Waals surface area contributed by atoms with Crippen molar-refractivity contribution in [2.24, 2.45) is 0 Å². The van der Waals surface area contributed by atoms with E-state index < -0.39 is 12.2 Å². The van der Waals surface area contributed by atoms with Gasteiger partial charge in [0, 0.05) is 43.4 Å². The molecule has 0 unspecified atom stereocenters. The van der Waals surface area contributed by atoms with Crippen LogP contribution in [0.1, 0.15) is 22.6 Å². The summed E-state index contributed by atoms with van der Waals surface area (Å²) in [5.74, 6) is 0.138. The number of para-hydroxylation sites is 2. The van der Waals surface area contributed by atoms with Crippen LogP contribution in [0.5, 0.6) is 0 Å². The molecule has 1 amide bonds. The highest BCUT2D eigenvalue weighted by molar-refractivity contribution is 5.94. The largest absolute Gasteiger partial charge is 0.378 e. The summed E-state index contributed by atoms with van der Waals surface area (Å²) < 4.78 is 35.0. The summed E-state index contributed by atoms with van der Waals surface area (Å²) in [7, 11) is 3.89. The van der Waals surface area contributed by atoms with E-state index in [4.69, 9.17) is 14.7 Å². The van der Waals surface area contributed by atoms with E-state index >= 15 is 0 Å². The normalized spacial score (nSPS) is 14.0. The van der Waals surface area contributed by atoms with Crippen LogP contribution in [0.15, 0.2) is 54.6 Å². The van der Waals surface area contributed by atoms with Gasteiger partial charge in [0.2, 0.25) is 5.95 Å². The van der Waals surface area contributed by atoms with E-state index in [0.29, 0.717) is 61.0 Å². The van der Waals surface area contributed by atoms with Crippen molar-refractivity contribution < 1.29 is 18.3 Å². The molecule has 1 saturated heterocycles. The maximum absolute atomic E-state index is 14.1. The van der Waals surface area contributed by atoms with E-state index in [1.54, 1.807) is 48.5 Å². The molecule has 0 atom stereocenters. The number of benzene rings is 2. The van der Waals surface area contributed by atoms with Gasteiger partial charge in [-0.05, 0) is 38.4 Å². The fraction of sp³-hybridized carbons (Fsp3) is 0.333. The molecule has 1 fully saturated rings. The first-order chi connectivity index (χ1) is 18.4. The van der Waals surface area contributed by atoms with Gasteiger partial charge in [0.15, 0.2) is 5.82 Å². The number of nitrogens with zero attached hydrogens (tertiary/aromatic N) is 6. The number of rotatable bonds is 8. The van der Waals surface area contributed by atoms with Gasteiger partial charge in [0.25, 0.3) is 12.3 Å². The van der Waals surface area contributed by atoms with Crippen LogP contribution in [0, 0.1) is 0 Å². The second-order valence-corrected chi connectivity index (χ2v) is 9.24. The predicted octanol–water partition coefficient (Wildman–Crippen LogP) is 3.55.